The van der Waals surface area contributed by atoms with Crippen molar-refractivity contribution in [2.45, 2.75) is 32.2 Å². The Kier molecular flexibility index (Phi) is 5.20. The van der Waals surface area contributed by atoms with Crippen LogP contribution >= 0.6 is 11.6 Å². The fourth-order valence-corrected chi connectivity index (χ4v) is 3.84. The van der Waals surface area contributed by atoms with Crippen molar-refractivity contribution >= 4 is 17.5 Å². The normalized spacial score (nSPS) is 16.4. The molecule has 5 nitrogen and oxygen atoms in total. The summed E-state index contributed by atoms with van der Waals surface area (Å²) in [5, 5.41) is 7.27. The molecule has 3 aromatic rings. The average Bonchev–Trinajstić information content (AvgIpc) is 3.08. The summed E-state index contributed by atoms with van der Waals surface area (Å²) >= 11 is 5.90. The fourth-order valence-electron chi connectivity index (χ4n) is 3.53. The average molecular weight is 457 g/mol. The Balaban J connectivity index is 1.67. The van der Waals surface area contributed by atoms with Crippen molar-refractivity contribution in [1.29, 1.82) is 0 Å². The number of fused-ring (bicyclic) bond motifs is 1. The highest BCUT2D eigenvalue weighted by Crippen LogP contribution is 2.37. The predicted molar refractivity (Wildman–Crippen MR) is 101 cm³/mol. The first-order chi connectivity index (χ1) is 14.6. The summed E-state index contributed by atoms with van der Waals surface area (Å²) in [6.45, 7) is 1.78. The van der Waals surface area contributed by atoms with Crippen molar-refractivity contribution in [2.24, 2.45) is 0 Å². The van der Waals surface area contributed by atoms with Gasteiger partial charge in [0.25, 0.3) is 5.91 Å². The van der Waals surface area contributed by atoms with Gasteiger partial charge in [-0.2, -0.15) is 13.2 Å². The van der Waals surface area contributed by atoms with Gasteiger partial charge in [-0.05, 0) is 31.2 Å². The highest BCUT2D eigenvalue weighted by molar-refractivity contribution is 6.34. The molecule has 0 aliphatic carbocycles. The van der Waals surface area contributed by atoms with Crippen molar-refractivity contribution in [2.75, 3.05) is 0 Å². The molecule has 2 heterocycles. The maximum absolute atomic E-state index is 14.2. The van der Waals surface area contributed by atoms with E-state index in [4.69, 9.17) is 11.6 Å². The van der Waals surface area contributed by atoms with Crippen LogP contribution in [-0.2, 0) is 19.3 Å². The van der Waals surface area contributed by atoms with Crippen LogP contribution in [0.25, 0.3) is 11.4 Å². The Morgan fingerprint density at radius 2 is 1.90 bits per heavy atom. The SMILES string of the molecule is CC1Cn2c(nnc2-c2ccc(F)cc2F)CN1C(=O)c1cccc(C(F)(F)F)c1Cl. The van der Waals surface area contributed by atoms with E-state index >= 15 is 0 Å². The summed E-state index contributed by atoms with van der Waals surface area (Å²) in [5.41, 5.74) is -1.32. The topological polar surface area (TPSA) is 51.0 Å². The van der Waals surface area contributed by atoms with E-state index in [0.717, 1.165) is 24.3 Å². The molecule has 1 atom stereocenters. The third kappa shape index (κ3) is 3.76. The minimum Gasteiger partial charge on any atom is -0.327 e. The lowest BCUT2D eigenvalue weighted by Crippen LogP contribution is -2.45. The molecule has 1 amide bonds. The van der Waals surface area contributed by atoms with Crippen molar-refractivity contribution < 1.29 is 26.7 Å². The van der Waals surface area contributed by atoms with E-state index in [1.807, 2.05) is 0 Å². The number of rotatable bonds is 2. The van der Waals surface area contributed by atoms with Crippen LogP contribution in [-0.4, -0.2) is 31.6 Å². The van der Waals surface area contributed by atoms with Gasteiger partial charge in [-0.1, -0.05) is 17.7 Å². The predicted octanol–water partition coefficient (Wildman–Crippen LogP) is 4.94. The molecule has 11 heteroatoms. The van der Waals surface area contributed by atoms with E-state index < -0.39 is 40.3 Å². The number of hydrogen-bond acceptors (Lipinski definition) is 3. The van der Waals surface area contributed by atoms with E-state index in [0.29, 0.717) is 5.82 Å². The summed E-state index contributed by atoms with van der Waals surface area (Å²) in [4.78, 5) is 14.3. The van der Waals surface area contributed by atoms with E-state index in [-0.39, 0.29) is 30.0 Å². The Hall–Kier alpha value is -3.01. The lowest BCUT2D eigenvalue weighted by atomic mass is 10.1. The van der Waals surface area contributed by atoms with Gasteiger partial charge in [0.1, 0.15) is 11.6 Å². The third-order valence-corrected chi connectivity index (χ3v) is 5.49. The number of benzene rings is 2. The molecule has 0 saturated carbocycles. The van der Waals surface area contributed by atoms with Gasteiger partial charge in [-0.15, -0.1) is 10.2 Å². The molecule has 0 spiro atoms. The van der Waals surface area contributed by atoms with Crippen molar-refractivity contribution in [3.63, 3.8) is 0 Å². The largest absolute Gasteiger partial charge is 0.417 e. The second-order valence-corrected chi connectivity index (χ2v) is 7.50. The first-order valence-electron chi connectivity index (χ1n) is 9.12. The fraction of sp³-hybridized carbons (Fsp3) is 0.250. The molecule has 162 valence electrons. The number of carbonyl (C=O) groups is 1. The zero-order valence-electron chi connectivity index (χ0n) is 15.9. The molecule has 31 heavy (non-hydrogen) atoms. The van der Waals surface area contributed by atoms with Gasteiger partial charge in [0.2, 0.25) is 0 Å². The molecule has 1 unspecified atom stereocenters. The summed E-state index contributed by atoms with van der Waals surface area (Å²) in [7, 11) is 0. The van der Waals surface area contributed by atoms with E-state index in [1.54, 1.807) is 11.5 Å². The molecule has 0 bridgehead atoms. The third-order valence-electron chi connectivity index (χ3n) is 5.09. The number of hydrogen-bond donors (Lipinski definition) is 0. The van der Waals surface area contributed by atoms with Crippen LogP contribution < -0.4 is 0 Å². The smallest absolute Gasteiger partial charge is 0.327 e. The van der Waals surface area contributed by atoms with E-state index in [2.05, 4.69) is 10.2 Å². The maximum Gasteiger partial charge on any atom is 0.417 e. The van der Waals surface area contributed by atoms with Crippen LogP contribution in [0.15, 0.2) is 36.4 Å². The molecule has 0 saturated heterocycles. The van der Waals surface area contributed by atoms with Gasteiger partial charge in [0.15, 0.2) is 11.6 Å². The first-order valence-corrected chi connectivity index (χ1v) is 9.50. The first kappa shape index (κ1) is 21.2. The van der Waals surface area contributed by atoms with Crippen molar-refractivity contribution in [3.8, 4) is 11.4 Å². The summed E-state index contributed by atoms with van der Waals surface area (Å²) in [6, 6.07) is 5.74. The number of amides is 1. The molecule has 4 rings (SSSR count). The number of aromatic nitrogens is 3. The van der Waals surface area contributed by atoms with E-state index in [1.165, 1.54) is 17.0 Å². The van der Waals surface area contributed by atoms with Crippen molar-refractivity contribution in [1.82, 2.24) is 19.7 Å². The summed E-state index contributed by atoms with van der Waals surface area (Å²) in [6.07, 6.45) is -4.70. The number of nitrogens with zero attached hydrogens (tertiary/aromatic N) is 4. The molecule has 1 aliphatic rings. The lowest BCUT2D eigenvalue weighted by Gasteiger charge is -2.34. The maximum atomic E-state index is 14.2. The van der Waals surface area contributed by atoms with E-state index in [9.17, 15) is 26.7 Å². The standard InChI is InChI=1S/C20H14ClF5N4O/c1-10-8-30-16(27-28-18(30)12-6-5-11(22)7-15(12)23)9-29(10)19(31)13-3-2-4-14(17(13)21)20(24,25)26/h2-7,10H,8-9H2,1H3. The van der Waals surface area contributed by atoms with Gasteiger partial charge in [-0.3, -0.25) is 4.79 Å². The zero-order chi connectivity index (χ0) is 22.5. The zero-order valence-corrected chi connectivity index (χ0v) is 16.7. The number of alkyl halides is 3. The molecule has 0 fully saturated rings. The minimum atomic E-state index is -4.70. The van der Waals surface area contributed by atoms with Gasteiger partial charge in [0, 0.05) is 18.7 Å². The Morgan fingerprint density at radius 1 is 1.16 bits per heavy atom. The quantitative estimate of drug-likeness (QED) is 0.513. The molecule has 1 aromatic heterocycles. The van der Waals surface area contributed by atoms with Gasteiger partial charge >= 0.3 is 6.18 Å². The summed E-state index contributed by atoms with van der Waals surface area (Å²) in [5.74, 6) is -1.75. The molecule has 1 aliphatic heterocycles. The minimum absolute atomic E-state index is 0.0491. The van der Waals surface area contributed by atoms with Crippen LogP contribution in [0.4, 0.5) is 22.0 Å². The molecule has 2 aromatic carbocycles. The highest BCUT2D eigenvalue weighted by atomic mass is 35.5. The molecule has 0 radical (unpaired) electrons. The van der Waals surface area contributed by atoms with Crippen LogP contribution in [0, 0.1) is 11.6 Å². The number of halogens is 6. The monoisotopic (exact) mass is 456 g/mol. The van der Waals surface area contributed by atoms with Crippen LogP contribution in [0.5, 0.6) is 0 Å². The van der Waals surface area contributed by atoms with Crippen molar-refractivity contribution in [3.05, 3.63) is 70.0 Å². The number of carbonyl (C=O) groups excluding carboxylic acids is 1. The molecular formula is C20H14ClF5N4O. The molecular weight excluding hydrogens is 443 g/mol. The second-order valence-electron chi connectivity index (χ2n) is 7.12. The lowest BCUT2D eigenvalue weighted by molar-refractivity contribution is -0.137. The highest BCUT2D eigenvalue weighted by Gasteiger charge is 2.37. The Labute approximate surface area is 178 Å². The van der Waals surface area contributed by atoms with Gasteiger partial charge < -0.3 is 9.47 Å². The van der Waals surface area contributed by atoms with Crippen LogP contribution in [0.3, 0.4) is 0 Å². The summed E-state index contributed by atoms with van der Waals surface area (Å²) < 4.78 is 68.4. The second kappa shape index (κ2) is 7.60. The van der Waals surface area contributed by atoms with Crippen LogP contribution in [0.1, 0.15) is 28.7 Å². The Bertz CT molecular complexity index is 1180. The van der Waals surface area contributed by atoms with Gasteiger partial charge in [0.05, 0.1) is 28.3 Å². The van der Waals surface area contributed by atoms with Crippen LogP contribution in [0.2, 0.25) is 5.02 Å². The Morgan fingerprint density at radius 3 is 2.58 bits per heavy atom. The van der Waals surface area contributed by atoms with Gasteiger partial charge in [-0.25, -0.2) is 8.78 Å². The molecule has 0 N–H and O–H groups in total.